The minimum Gasteiger partial charge on any atom is -0.484 e. The Hall–Kier alpha value is -3.19. The summed E-state index contributed by atoms with van der Waals surface area (Å²) in [5.74, 6) is -0.617. The molecule has 1 N–H and O–H groups in total. The molecule has 0 bridgehead atoms. The van der Waals surface area contributed by atoms with Crippen LogP contribution in [0.3, 0.4) is 0 Å². The highest BCUT2D eigenvalue weighted by molar-refractivity contribution is 9.10. The number of nitrogens with one attached hydrogen (secondary N) is 1. The zero-order valence-corrected chi connectivity index (χ0v) is 19.2. The highest BCUT2D eigenvalue weighted by Crippen LogP contribution is 2.18. The van der Waals surface area contributed by atoms with Crippen LogP contribution in [0.5, 0.6) is 5.75 Å². The van der Waals surface area contributed by atoms with Gasteiger partial charge >= 0.3 is 0 Å². The number of likely N-dealkylation sites (N-methyl/N-ethyl adjacent to an activating group) is 1. The van der Waals surface area contributed by atoms with Crippen molar-refractivity contribution in [2.45, 2.75) is 19.0 Å². The monoisotopic (exact) mass is 498 g/mol. The first-order valence-electron chi connectivity index (χ1n) is 10.1. The van der Waals surface area contributed by atoms with Crippen LogP contribution in [0.2, 0.25) is 0 Å². The van der Waals surface area contributed by atoms with Crippen molar-refractivity contribution in [2.24, 2.45) is 0 Å². The van der Waals surface area contributed by atoms with Crippen LogP contribution in [-0.4, -0.2) is 36.4 Å². The van der Waals surface area contributed by atoms with Crippen molar-refractivity contribution in [3.8, 4) is 5.75 Å². The summed E-state index contributed by atoms with van der Waals surface area (Å²) in [6, 6.07) is 21.8. The number of benzene rings is 3. The number of rotatable bonds is 9. The maximum atomic E-state index is 13.2. The first kappa shape index (κ1) is 23.5. The SMILES string of the molecule is CNC(=O)C(Cc1ccccc1)N(Cc1ccc(Br)cc1)C(=O)COc1ccc(F)cc1. The van der Waals surface area contributed by atoms with Crippen molar-refractivity contribution in [3.63, 3.8) is 0 Å². The van der Waals surface area contributed by atoms with Crippen LogP contribution in [0.4, 0.5) is 4.39 Å². The summed E-state index contributed by atoms with van der Waals surface area (Å²) >= 11 is 3.41. The van der Waals surface area contributed by atoms with Crippen LogP contribution in [0.1, 0.15) is 11.1 Å². The molecule has 32 heavy (non-hydrogen) atoms. The first-order valence-corrected chi connectivity index (χ1v) is 10.9. The van der Waals surface area contributed by atoms with Gasteiger partial charge in [0, 0.05) is 24.5 Å². The second kappa shape index (κ2) is 11.4. The lowest BCUT2D eigenvalue weighted by molar-refractivity contribution is -0.142. The summed E-state index contributed by atoms with van der Waals surface area (Å²) in [7, 11) is 1.55. The van der Waals surface area contributed by atoms with Crippen molar-refractivity contribution in [3.05, 3.63) is 100 Å². The average molecular weight is 499 g/mol. The summed E-state index contributed by atoms with van der Waals surface area (Å²) in [5.41, 5.74) is 1.82. The molecule has 0 saturated carbocycles. The molecule has 3 aromatic rings. The van der Waals surface area contributed by atoms with Gasteiger partial charge in [0.25, 0.3) is 5.91 Å². The molecule has 0 aliphatic carbocycles. The normalized spacial score (nSPS) is 11.5. The van der Waals surface area contributed by atoms with Gasteiger partial charge in [0.1, 0.15) is 17.6 Å². The van der Waals surface area contributed by atoms with Gasteiger partial charge in [-0.2, -0.15) is 0 Å². The molecule has 5 nitrogen and oxygen atoms in total. The zero-order chi connectivity index (χ0) is 22.9. The molecule has 166 valence electrons. The summed E-state index contributed by atoms with van der Waals surface area (Å²) in [6.07, 6.45) is 0.360. The van der Waals surface area contributed by atoms with Crippen LogP contribution in [0, 0.1) is 5.82 Å². The Morgan fingerprint density at radius 3 is 2.25 bits per heavy atom. The fraction of sp³-hybridized carbons (Fsp3) is 0.200. The van der Waals surface area contributed by atoms with Crippen LogP contribution in [0.25, 0.3) is 0 Å². The van der Waals surface area contributed by atoms with Crippen molar-refractivity contribution in [2.75, 3.05) is 13.7 Å². The van der Waals surface area contributed by atoms with E-state index in [0.29, 0.717) is 12.2 Å². The van der Waals surface area contributed by atoms with Gasteiger partial charge in [-0.3, -0.25) is 9.59 Å². The number of amides is 2. The third kappa shape index (κ3) is 6.65. The molecule has 7 heteroatoms. The number of carbonyl (C=O) groups excluding carboxylic acids is 2. The van der Waals surface area contributed by atoms with Crippen molar-refractivity contribution in [1.29, 1.82) is 0 Å². The van der Waals surface area contributed by atoms with Crippen molar-refractivity contribution >= 4 is 27.7 Å². The van der Waals surface area contributed by atoms with Crippen LogP contribution in [-0.2, 0) is 22.6 Å². The molecule has 0 aromatic heterocycles. The van der Waals surface area contributed by atoms with Gasteiger partial charge in [-0.1, -0.05) is 58.4 Å². The summed E-state index contributed by atoms with van der Waals surface area (Å²) in [5, 5.41) is 2.67. The minimum absolute atomic E-state index is 0.240. The molecular weight excluding hydrogens is 475 g/mol. The number of hydrogen-bond donors (Lipinski definition) is 1. The Morgan fingerprint density at radius 2 is 1.62 bits per heavy atom. The van der Waals surface area contributed by atoms with Gasteiger partial charge in [-0.15, -0.1) is 0 Å². The maximum Gasteiger partial charge on any atom is 0.261 e. The summed E-state index contributed by atoms with van der Waals surface area (Å²) in [4.78, 5) is 27.6. The van der Waals surface area contributed by atoms with Crippen LogP contribution >= 0.6 is 15.9 Å². The lowest BCUT2D eigenvalue weighted by Gasteiger charge is -2.31. The number of ether oxygens (including phenoxy) is 1. The van der Waals surface area contributed by atoms with E-state index in [2.05, 4.69) is 21.2 Å². The minimum atomic E-state index is -0.727. The average Bonchev–Trinajstić information content (AvgIpc) is 2.82. The van der Waals surface area contributed by atoms with Crippen molar-refractivity contribution < 1.29 is 18.7 Å². The van der Waals surface area contributed by atoms with E-state index in [0.717, 1.165) is 15.6 Å². The van der Waals surface area contributed by atoms with Gasteiger partial charge < -0.3 is 15.0 Å². The Kier molecular flexibility index (Phi) is 8.39. The molecule has 3 rings (SSSR count). The number of carbonyl (C=O) groups is 2. The lowest BCUT2D eigenvalue weighted by Crippen LogP contribution is -2.51. The van der Waals surface area contributed by atoms with E-state index < -0.39 is 6.04 Å². The number of halogens is 2. The second-order valence-electron chi connectivity index (χ2n) is 7.21. The molecule has 0 heterocycles. The smallest absolute Gasteiger partial charge is 0.261 e. The van der Waals surface area contributed by atoms with Gasteiger partial charge in [0.05, 0.1) is 0 Å². The van der Waals surface area contributed by atoms with E-state index in [1.54, 1.807) is 7.05 Å². The maximum absolute atomic E-state index is 13.2. The lowest BCUT2D eigenvalue weighted by atomic mass is 10.0. The second-order valence-corrected chi connectivity index (χ2v) is 8.13. The topological polar surface area (TPSA) is 58.6 Å². The van der Waals surface area contributed by atoms with E-state index in [1.807, 2.05) is 54.6 Å². The standard InChI is InChI=1S/C25H24BrFN2O3/c1-28-25(31)23(15-18-5-3-2-4-6-18)29(16-19-7-9-20(26)10-8-19)24(30)17-32-22-13-11-21(27)12-14-22/h2-14,23H,15-17H2,1H3,(H,28,31). The predicted molar refractivity (Wildman–Crippen MR) is 125 cm³/mol. The molecular formula is C25H24BrFN2O3. The van der Waals surface area contributed by atoms with Crippen LogP contribution in [0.15, 0.2) is 83.3 Å². The molecule has 1 unspecified atom stereocenters. The number of hydrogen-bond acceptors (Lipinski definition) is 3. The molecule has 0 aliphatic heterocycles. The third-order valence-corrected chi connectivity index (χ3v) is 5.49. The van der Waals surface area contributed by atoms with Gasteiger partial charge in [0.15, 0.2) is 6.61 Å². The van der Waals surface area contributed by atoms with E-state index in [4.69, 9.17) is 4.74 Å². The summed E-state index contributed by atoms with van der Waals surface area (Å²) < 4.78 is 19.6. The van der Waals surface area contributed by atoms with Crippen LogP contribution < -0.4 is 10.1 Å². The molecule has 1 atom stereocenters. The van der Waals surface area contributed by atoms with Gasteiger partial charge in [-0.25, -0.2) is 4.39 Å². The molecule has 3 aromatic carbocycles. The van der Waals surface area contributed by atoms with Gasteiger partial charge in [-0.05, 0) is 47.5 Å². The highest BCUT2D eigenvalue weighted by atomic mass is 79.9. The molecule has 0 saturated heterocycles. The fourth-order valence-corrected chi connectivity index (χ4v) is 3.53. The number of nitrogens with zero attached hydrogens (tertiary/aromatic N) is 1. The van der Waals surface area contributed by atoms with E-state index >= 15 is 0 Å². The van der Waals surface area contributed by atoms with E-state index in [-0.39, 0.29) is 30.8 Å². The zero-order valence-electron chi connectivity index (χ0n) is 17.6. The predicted octanol–water partition coefficient (Wildman–Crippen LogP) is 4.35. The van der Waals surface area contributed by atoms with E-state index in [9.17, 15) is 14.0 Å². The molecule has 2 amide bonds. The Balaban J connectivity index is 1.85. The highest BCUT2D eigenvalue weighted by Gasteiger charge is 2.30. The summed E-state index contributed by atoms with van der Waals surface area (Å²) in [6.45, 7) is -0.0335. The largest absolute Gasteiger partial charge is 0.484 e. The third-order valence-electron chi connectivity index (χ3n) is 4.96. The van der Waals surface area contributed by atoms with Gasteiger partial charge in [0.2, 0.25) is 5.91 Å². The Labute approximate surface area is 195 Å². The Morgan fingerprint density at radius 1 is 0.969 bits per heavy atom. The molecule has 0 fully saturated rings. The fourth-order valence-electron chi connectivity index (χ4n) is 3.27. The van der Waals surface area contributed by atoms with E-state index in [1.165, 1.54) is 29.2 Å². The molecule has 0 radical (unpaired) electrons. The first-order chi connectivity index (χ1) is 15.5. The molecule has 0 spiro atoms. The quantitative estimate of drug-likeness (QED) is 0.476. The Bertz CT molecular complexity index is 1030. The molecule has 0 aliphatic rings. The van der Waals surface area contributed by atoms with Crippen molar-refractivity contribution in [1.82, 2.24) is 10.2 Å².